The smallest absolute Gasteiger partial charge is 0.168 e. The molecule has 1 N–H and O–H groups in total. The van der Waals surface area contributed by atoms with Gasteiger partial charge in [0.15, 0.2) is 5.79 Å². The van der Waals surface area contributed by atoms with E-state index >= 15 is 0 Å². The molecular formula is C15H17FN2O2. The number of rotatable bonds is 2. The molecule has 1 saturated heterocycles. The lowest BCUT2D eigenvalue weighted by Crippen LogP contribution is -2.47. The zero-order valence-corrected chi connectivity index (χ0v) is 11.2. The fraction of sp³-hybridized carbons (Fsp3) is 0.533. The van der Waals surface area contributed by atoms with Gasteiger partial charge in [-0.1, -0.05) is 6.07 Å². The highest BCUT2D eigenvalue weighted by Crippen LogP contribution is 2.41. The van der Waals surface area contributed by atoms with Gasteiger partial charge in [0.25, 0.3) is 0 Å². The summed E-state index contributed by atoms with van der Waals surface area (Å²) in [5.74, 6) is -0.804. The van der Waals surface area contributed by atoms with Gasteiger partial charge in [0.1, 0.15) is 11.4 Å². The predicted octanol–water partition coefficient (Wildman–Crippen LogP) is 2.82. The normalized spacial score (nSPS) is 23.4. The van der Waals surface area contributed by atoms with Crippen LogP contribution in [0.5, 0.6) is 0 Å². The number of hydrogen-bond acceptors (Lipinski definition) is 4. The van der Waals surface area contributed by atoms with E-state index < -0.39 is 11.3 Å². The van der Waals surface area contributed by atoms with Gasteiger partial charge in [0, 0.05) is 18.5 Å². The van der Waals surface area contributed by atoms with Gasteiger partial charge >= 0.3 is 0 Å². The fourth-order valence-corrected chi connectivity index (χ4v) is 2.95. The van der Waals surface area contributed by atoms with E-state index in [2.05, 4.69) is 11.4 Å². The lowest BCUT2D eigenvalue weighted by atomic mass is 9.79. The number of benzene rings is 1. The summed E-state index contributed by atoms with van der Waals surface area (Å²) < 4.78 is 24.6. The Morgan fingerprint density at radius 1 is 1.15 bits per heavy atom. The van der Waals surface area contributed by atoms with E-state index in [-0.39, 0.29) is 5.82 Å². The quantitative estimate of drug-likeness (QED) is 0.902. The number of anilines is 1. The molecule has 1 spiro atoms. The van der Waals surface area contributed by atoms with Crippen LogP contribution in [0.2, 0.25) is 0 Å². The summed E-state index contributed by atoms with van der Waals surface area (Å²) in [5, 5.41) is 12.7. The SMILES string of the molecule is N#CC1(Nc2cccc(F)c2)CCC2(CC1)OCCO2. The Balaban J connectivity index is 1.72. The summed E-state index contributed by atoms with van der Waals surface area (Å²) in [6.07, 6.45) is 2.62. The molecule has 3 rings (SSSR count). The van der Waals surface area contributed by atoms with Gasteiger partial charge < -0.3 is 14.8 Å². The molecule has 0 aromatic heterocycles. The van der Waals surface area contributed by atoms with Gasteiger partial charge in [-0.3, -0.25) is 0 Å². The summed E-state index contributed by atoms with van der Waals surface area (Å²) in [7, 11) is 0. The zero-order valence-electron chi connectivity index (χ0n) is 11.2. The van der Waals surface area contributed by atoms with Crippen molar-refractivity contribution in [3.05, 3.63) is 30.1 Å². The summed E-state index contributed by atoms with van der Waals surface area (Å²) in [5.41, 5.74) is -0.0373. The minimum atomic E-state index is -0.672. The van der Waals surface area contributed by atoms with Crippen molar-refractivity contribution in [2.45, 2.75) is 37.0 Å². The fourth-order valence-electron chi connectivity index (χ4n) is 2.95. The second-order valence-electron chi connectivity index (χ2n) is 5.44. The van der Waals surface area contributed by atoms with Crippen LogP contribution in [0.4, 0.5) is 10.1 Å². The van der Waals surface area contributed by atoms with Crippen LogP contribution in [0.25, 0.3) is 0 Å². The Hall–Kier alpha value is -1.64. The number of nitrogens with one attached hydrogen (secondary N) is 1. The molecule has 1 aliphatic carbocycles. The molecular weight excluding hydrogens is 259 g/mol. The second kappa shape index (κ2) is 5.04. The van der Waals surface area contributed by atoms with Crippen LogP contribution < -0.4 is 5.32 Å². The predicted molar refractivity (Wildman–Crippen MR) is 71.5 cm³/mol. The van der Waals surface area contributed by atoms with Crippen molar-refractivity contribution in [3.8, 4) is 6.07 Å². The average Bonchev–Trinajstić information content (AvgIpc) is 2.91. The maximum absolute atomic E-state index is 13.2. The topological polar surface area (TPSA) is 54.3 Å². The van der Waals surface area contributed by atoms with Crippen molar-refractivity contribution in [2.24, 2.45) is 0 Å². The number of nitrogens with zero attached hydrogens (tertiary/aromatic N) is 1. The number of ether oxygens (including phenoxy) is 2. The van der Waals surface area contributed by atoms with E-state index in [4.69, 9.17) is 9.47 Å². The largest absolute Gasteiger partial charge is 0.367 e. The van der Waals surface area contributed by atoms with Crippen LogP contribution in [-0.4, -0.2) is 24.5 Å². The summed E-state index contributed by atoms with van der Waals surface area (Å²) in [4.78, 5) is 0. The molecule has 4 nitrogen and oxygen atoms in total. The number of halogens is 1. The molecule has 1 heterocycles. The molecule has 1 aliphatic heterocycles. The molecule has 0 unspecified atom stereocenters. The van der Waals surface area contributed by atoms with Crippen LogP contribution in [0, 0.1) is 17.1 Å². The highest BCUT2D eigenvalue weighted by Gasteiger charge is 2.46. The second-order valence-corrected chi connectivity index (χ2v) is 5.44. The molecule has 1 aromatic rings. The minimum Gasteiger partial charge on any atom is -0.367 e. The molecule has 0 bridgehead atoms. The molecule has 5 heteroatoms. The van der Waals surface area contributed by atoms with E-state index in [1.165, 1.54) is 12.1 Å². The summed E-state index contributed by atoms with van der Waals surface area (Å²) in [6.45, 7) is 1.24. The van der Waals surface area contributed by atoms with Crippen molar-refractivity contribution in [2.75, 3.05) is 18.5 Å². The van der Waals surface area contributed by atoms with Crippen molar-refractivity contribution >= 4 is 5.69 Å². The Kier molecular flexibility index (Phi) is 3.36. The van der Waals surface area contributed by atoms with E-state index in [0.717, 1.165) is 0 Å². The Labute approximate surface area is 117 Å². The molecule has 1 aromatic carbocycles. The van der Waals surface area contributed by atoms with Crippen LogP contribution in [0.1, 0.15) is 25.7 Å². The highest BCUT2D eigenvalue weighted by molar-refractivity contribution is 5.48. The minimum absolute atomic E-state index is 0.308. The first-order valence-corrected chi connectivity index (χ1v) is 6.88. The summed E-state index contributed by atoms with van der Waals surface area (Å²) in [6, 6.07) is 8.55. The standard InChI is InChI=1S/C15H17FN2O2/c16-12-2-1-3-13(10-12)18-14(11-17)4-6-15(7-5-14)19-8-9-20-15/h1-3,10,18H,4-9H2. The molecule has 106 valence electrons. The van der Waals surface area contributed by atoms with Crippen LogP contribution in [-0.2, 0) is 9.47 Å². The highest BCUT2D eigenvalue weighted by atomic mass is 19.1. The molecule has 2 fully saturated rings. The van der Waals surface area contributed by atoms with Crippen molar-refractivity contribution in [3.63, 3.8) is 0 Å². The van der Waals surface area contributed by atoms with Crippen LogP contribution >= 0.6 is 0 Å². The molecule has 20 heavy (non-hydrogen) atoms. The Morgan fingerprint density at radius 3 is 2.45 bits per heavy atom. The van der Waals surface area contributed by atoms with E-state index in [9.17, 15) is 9.65 Å². The molecule has 1 saturated carbocycles. The Bertz CT molecular complexity index is 525. The number of nitriles is 1. The maximum Gasteiger partial charge on any atom is 0.168 e. The monoisotopic (exact) mass is 276 g/mol. The third-order valence-electron chi connectivity index (χ3n) is 4.10. The zero-order chi connectivity index (χ0) is 14.1. The number of hydrogen-bond donors (Lipinski definition) is 1. The third-order valence-corrected chi connectivity index (χ3v) is 4.10. The van der Waals surface area contributed by atoms with E-state index in [1.807, 2.05) is 0 Å². The van der Waals surface area contributed by atoms with Crippen molar-refractivity contribution < 1.29 is 13.9 Å². The summed E-state index contributed by atoms with van der Waals surface area (Å²) >= 11 is 0. The third kappa shape index (κ3) is 2.49. The molecule has 0 atom stereocenters. The van der Waals surface area contributed by atoms with Gasteiger partial charge in [-0.05, 0) is 31.0 Å². The lowest BCUT2D eigenvalue weighted by Gasteiger charge is -2.40. The molecule has 0 radical (unpaired) electrons. The maximum atomic E-state index is 13.2. The van der Waals surface area contributed by atoms with Crippen molar-refractivity contribution in [1.29, 1.82) is 5.26 Å². The average molecular weight is 276 g/mol. The van der Waals surface area contributed by atoms with Crippen LogP contribution in [0.3, 0.4) is 0 Å². The van der Waals surface area contributed by atoms with Gasteiger partial charge in [0.2, 0.25) is 0 Å². The molecule has 0 amide bonds. The van der Waals surface area contributed by atoms with Gasteiger partial charge in [-0.25, -0.2) is 4.39 Å². The Morgan fingerprint density at radius 2 is 1.85 bits per heavy atom. The first-order valence-electron chi connectivity index (χ1n) is 6.88. The van der Waals surface area contributed by atoms with E-state index in [0.29, 0.717) is 44.6 Å². The van der Waals surface area contributed by atoms with Crippen LogP contribution in [0.15, 0.2) is 24.3 Å². The first-order chi connectivity index (χ1) is 9.65. The lowest BCUT2D eigenvalue weighted by molar-refractivity contribution is -0.180. The van der Waals surface area contributed by atoms with E-state index in [1.54, 1.807) is 12.1 Å². The van der Waals surface area contributed by atoms with Gasteiger partial charge in [0.05, 0.1) is 19.3 Å². The van der Waals surface area contributed by atoms with Crippen molar-refractivity contribution in [1.82, 2.24) is 0 Å². The first kappa shape index (κ1) is 13.3. The molecule has 2 aliphatic rings. The van der Waals surface area contributed by atoms with Gasteiger partial charge in [-0.2, -0.15) is 5.26 Å². The van der Waals surface area contributed by atoms with Gasteiger partial charge in [-0.15, -0.1) is 0 Å².